The van der Waals surface area contributed by atoms with Gasteiger partial charge in [-0.05, 0) is 25.0 Å². The smallest absolute Gasteiger partial charge is 0.230 e. The van der Waals surface area contributed by atoms with E-state index in [4.69, 9.17) is 0 Å². The summed E-state index contributed by atoms with van der Waals surface area (Å²) in [6, 6.07) is 1.43. The van der Waals surface area contributed by atoms with Crippen molar-refractivity contribution in [3.8, 4) is 0 Å². The molecule has 1 aromatic heterocycles. The van der Waals surface area contributed by atoms with Gasteiger partial charge in [0.05, 0.1) is 27.6 Å². The summed E-state index contributed by atoms with van der Waals surface area (Å²) in [4.78, 5) is 29.0. The third-order valence-corrected chi connectivity index (χ3v) is 7.67. The molecule has 10 heteroatoms. The van der Waals surface area contributed by atoms with Gasteiger partial charge in [0, 0.05) is 11.0 Å². The van der Waals surface area contributed by atoms with Crippen molar-refractivity contribution in [1.82, 2.24) is 4.98 Å². The molecule has 29 heavy (non-hydrogen) atoms. The van der Waals surface area contributed by atoms with E-state index in [1.54, 1.807) is 0 Å². The van der Waals surface area contributed by atoms with Crippen LogP contribution in [-0.4, -0.2) is 30.8 Å². The van der Waals surface area contributed by atoms with Crippen LogP contribution in [0.5, 0.6) is 0 Å². The number of nitrogens with zero attached hydrogens (tertiary/aromatic N) is 1. The molecule has 3 rings (SSSR count). The third-order valence-electron chi connectivity index (χ3n) is 4.94. The lowest BCUT2D eigenvalue weighted by Gasteiger charge is -2.26. The van der Waals surface area contributed by atoms with E-state index in [1.807, 2.05) is 13.8 Å². The van der Waals surface area contributed by atoms with Gasteiger partial charge in [0.1, 0.15) is 11.6 Å². The Bertz CT molecular complexity index is 1080. The summed E-state index contributed by atoms with van der Waals surface area (Å²) in [5, 5.41) is 2.66. The summed E-state index contributed by atoms with van der Waals surface area (Å²) < 4.78 is 52.1. The number of nitrogens with one attached hydrogen (secondary N) is 1. The monoisotopic (exact) mass is 442 g/mol. The van der Waals surface area contributed by atoms with E-state index in [2.05, 4.69) is 10.3 Å². The lowest BCUT2D eigenvalue weighted by atomic mass is 9.78. The second-order valence-electron chi connectivity index (χ2n) is 7.50. The predicted octanol–water partition coefficient (Wildman–Crippen LogP) is 3.55. The zero-order valence-electron chi connectivity index (χ0n) is 16.1. The van der Waals surface area contributed by atoms with Crippen LogP contribution < -0.4 is 5.32 Å². The highest BCUT2D eigenvalue weighted by Crippen LogP contribution is 2.38. The Morgan fingerprint density at radius 1 is 1.28 bits per heavy atom. The first-order valence-corrected chi connectivity index (χ1v) is 11.5. The number of carbonyl (C=O) groups excluding carboxylic acids is 2. The fraction of sp³-hybridized carbons (Fsp3) is 0.421. The van der Waals surface area contributed by atoms with E-state index in [0.717, 1.165) is 11.3 Å². The molecule has 1 aromatic carbocycles. The van der Waals surface area contributed by atoms with Crippen LogP contribution in [0.3, 0.4) is 0 Å². The van der Waals surface area contributed by atoms with Gasteiger partial charge in [0.2, 0.25) is 5.91 Å². The molecule has 0 aliphatic heterocycles. The Balaban J connectivity index is 1.78. The molecule has 1 heterocycles. The number of halogens is 2. The van der Waals surface area contributed by atoms with Crippen LogP contribution in [0.4, 0.5) is 13.9 Å². The van der Waals surface area contributed by atoms with Crippen molar-refractivity contribution in [2.75, 3.05) is 11.1 Å². The summed E-state index contributed by atoms with van der Waals surface area (Å²) in [6.07, 6.45) is 0.629. The van der Waals surface area contributed by atoms with Crippen molar-refractivity contribution in [3.63, 3.8) is 0 Å². The van der Waals surface area contributed by atoms with Crippen molar-refractivity contribution in [1.29, 1.82) is 0 Å². The quantitative estimate of drug-likeness (QED) is 0.764. The fourth-order valence-corrected chi connectivity index (χ4v) is 5.07. The topological polar surface area (TPSA) is 93.2 Å². The zero-order chi connectivity index (χ0) is 21.6. The normalized spacial score (nSPS) is 15.8. The standard InChI is InChI=1S/C19H20F2N2O4S2/c1-4-29(26,27)10-7-12(20)11(13(21)8-10)9-15(24)23-18-22-14-5-6-19(2,3)17(25)16(14)28-18/h7-8H,4-6,9H2,1-3H3,(H,22,23,24). The molecule has 0 radical (unpaired) electrons. The summed E-state index contributed by atoms with van der Waals surface area (Å²) in [5.74, 6) is -3.27. The van der Waals surface area contributed by atoms with Crippen LogP contribution in [0.15, 0.2) is 17.0 Å². The molecule has 0 saturated carbocycles. The van der Waals surface area contributed by atoms with Crippen LogP contribution in [0.25, 0.3) is 0 Å². The molecule has 156 valence electrons. The molecule has 0 saturated heterocycles. The zero-order valence-corrected chi connectivity index (χ0v) is 17.8. The van der Waals surface area contributed by atoms with Crippen molar-refractivity contribution >= 4 is 38.0 Å². The van der Waals surface area contributed by atoms with Crippen molar-refractivity contribution < 1.29 is 26.8 Å². The van der Waals surface area contributed by atoms with Crippen LogP contribution in [0, 0.1) is 17.0 Å². The first-order chi connectivity index (χ1) is 13.4. The predicted molar refractivity (Wildman–Crippen MR) is 105 cm³/mol. The molecular formula is C19H20F2N2O4S2. The van der Waals surface area contributed by atoms with E-state index < -0.39 is 49.7 Å². The number of amides is 1. The van der Waals surface area contributed by atoms with Gasteiger partial charge in [0.25, 0.3) is 0 Å². The lowest BCUT2D eigenvalue weighted by Crippen LogP contribution is -2.29. The van der Waals surface area contributed by atoms with Crippen molar-refractivity contribution in [2.24, 2.45) is 5.41 Å². The van der Waals surface area contributed by atoms with Gasteiger partial charge in [0.15, 0.2) is 20.8 Å². The van der Waals surface area contributed by atoms with Gasteiger partial charge in [-0.25, -0.2) is 22.2 Å². The molecule has 0 unspecified atom stereocenters. The maximum absolute atomic E-state index is 14.3. The molecule has 0 atom stereocenters. The number of carbonyl (C=O) groups is 2. The van der Waals surface area contributed by atoms with Gasteiger partial charge in [-0.3, -0.25) is 9.59 Å². The number of benzene rings is 1. The number of hydrogen-bond acceptors (Lipinski definition) is 6. The molecule has 1 aliphatic carbocycles. The Morgan fingerprint density at radius 3 is 2.48 bits per heavy atom. The SMILES string of the molecule is CCS(=O)(=O)c1cc(F)c(CC(=O)Nc2nc3c(s2)C(=O)C(C)(C)CC3)c(F)c1. The van der Waals surface area contributed by atoms with E-state index in [1.165, 1.54) is 6.92 Å². The third kappa shape index (κ3) is 4.23. The van der Waals surface area contributed by atoms with Gasteiger partial charge in [-0.2, -0.15) is 0 Å². The average molecular weight is 443 g/mol. The molecule has 1 amide bonds. The van der Waals surface area contributed by atoms with E-state index in [9.17, 15) is 26.8 Å². The first kappa shape index (κ1) is 21.5. The highest BCUT2D eigenvalue weighted by atomic mass is 32.2. The van der Waals surface area contributed by atoms with E-state index in [0.29, 0.717) is 35.5 Å². The molecule has 0 fully saturated rings. The maximum Gasteiger partial charge on any atom is 0.230 e. The van der Waals surface area contributed by atoms with Crippen LogP contribution in [0.2, 0.25) is 0 Å². The Morgan fingerprint density at radius 2 is 1.90 bits per heavy atom. The number of rotatable bonds is 5. The lowest BCUT2D eigenvalue weighted by molar-refractivity contribution is -0.115. The van der Waals surface area contributed by atoms with Gasteiger partial charge in [-0.15, -0.1) is 0 Å². The fourth-order valence-electron chi connectivity index (χ4n) is 3.02. The minimum absolute atomic E-state index is 0.0402. The minimum atomic E-state index is -3.77. The molecule has 6 nitrogen and oxygen atoms in total. The number of aryl methyl sites for hydroxylation is 1. The Labute approximate surface area is 171 Å². The number of ketones is 1. The maximum atomic E-state index is 14.3. The largest absolute Gasteiger partial charge is 0.302 e. The average Bonchev–Trinajstić information content (AvgIpc) is 3.04. The van der Waals surface area contributed by atoms with Crippen molar-refractivity contribution in [3.05, 3.63) is 39.9 Å². The summed E-state index contributed by atoms with van der Waals surface area (Å²) >= 11 is 1.04. The number of Topliss-reactive ketones (excluding diaryl/α,β-unsaturated/α-hetero) is 1. The molecule has 1 aliphatic rings. The molecular weight excluding hydrogens is 422 g/mol. The summed E-state index contributed by atoms with van der Waals surface area (Å²) in [5.41, 5.74) is -0.412. The van der Waals surface area contributed by atoms with E-state index >= 15 is 0 Å². The molecule has 0 bridgehead atoms. The van der Waals surface area contributed by atoms with Gasteiger partial charge in [-0.1, -0.05) is 32.1 Å². The molecule has 2 aromatic rings. The van der Waals surface area contributed by atoms with Gasteiger partial charge >= 0.3 is 0 Å². The number of sulfone groups is 1. The number of fused-ring (bicyclic) bond motifs is 1. The number of hydrogen-bond donors (Lipinski definition) is 1. The first-order valence-electron chi connectivity index (χ1n) is 8.99. The second-order valence-corrected chi connectivity index (χ2v) is 10.8. The number of thiazole rings is 1. The highest BCUT2D eigenvalue weighted by Gasteiger charge is 2.37. The Hall–Kier alpha value is -2.20. The summed E-state index contributed by atoms with van der Waals surface area (Å²) in [7, 11) is -3.77. The molecule has 0 spiro atoms. The summed E-state index contributed by atoms with van der Waals surface area (Å²) in [6.45, 7) is 5.07. The van der Waals surface area contributed by atoms with E-state index in [-0.39, 0.29) is 16.7 Å². The second kappa shape index (κ2) is 7.56. The van der Waals surface area contributed by atoms with Crippen LogP contribution >= 0.6 is 11.3 Å². The van der Waals surface area contributed by atoms with Gasteiger partial charge < -0.3 is 5.32 Å². The highest BCUT2D eigenvalue weighted by molar-refractivity contribution is 7.91. The molecule has 1 N–H and O–H groups in total. The number of aromatic nitrogens is 1. The van der Waals surface area contributed by atoms with Crippen molar-refractivity contribution in [2.45, 2.75) is 44.9 Å². The van der Waals surface area contributed by atoms with Crippen LogP contribution in [0.1, 0.15) is 48.1 Å². The number of anilines is 1. The Kier molecular flexibility index (Phi) is 5.61. The van der Waals surface area contributed by atoms with Crippen LogP contribution in [-0.2, 0) is 27.5 Å². The minimum Gasteiger partial charge on any atom is -0.302 e.